The number of hydrogen-bond acceptors (Lipinski definition) is 4. The number of benzene rings is 1. The van der Waals surface area contributed by atoms with Crippen molar-refractivity contribution in [2.24, 2.45) is 4.99 Å². The summed E-state index contributed by atoms with van der Waals surface area (Å²) in [5, 5.41) is 5.14. The van der Waals surface area contributed by atoms with Crippen molar-refractivity contribution in [1.29, 1.82) is 0 Å². The Labute approximate surface area is 179 Å². The van der Waals surface area contributed by atoms with Crippen LogP contribution in [0.5, 0.6) is 0 Å². The highest BCUT2D eigenvalue weighted by Gasteiger charge is 2.42. The Balaban J connectivity index is 1.55. The number of urea groups is 1. The van der Waals surface area contributed by atoms with Gasteiger partial charge in [0, 0.05) is 24.2 Å². The van der Waals surface area contributed by atoms with Gasteiger partial charge in [-0.2, -0.15) is 5.10 Å². The zero-order valence-corrected chi connectivity index (χ0v) is 17.5. The lowest BCUT2D eigenvalue weighted by Gasteiger charge is -2.37. The highest BCUT2D eigenvalue weighted by molar-refractivity contribution is 6.30. The quantitative estimate of drug-likeness (QED) is 0.757. The molecule has 3 aliphatic rings. The van der Waals surface area contributed by atoms with Gasteiger partial charge in [-0.05, 0) is 50.5 Å². The van der Waals surface area contributed by atoms with Gasteiger partial charge in [-0.1, -0.05) is 11.6 Å². The van der Waals surface area contributed by atoms with Crippen LogP contribution in [0.25, 0.3) is 5.69 Å². The van der Waals surface area contributed by atoms with E-state index in [1.165, 1.54) is 0 Å². The molecule has 1 aromatic heterocycles. The maximum absolute atomic E-state index is 13.3. The minimum absolute atomic E-state index is 0.0146. The lowest BCUT2D eigenvalue weighted by atomic mass is 10.0. The maximum Gasteiger partial charge on any atom is 0.331 e. The number of likely N-dealkylation sites (tertiary alicyclic amines) is 1. The number of rotatable bonds is 3. The molecule has 1 saturated heterocycles. The van der Waals surface area contributed by atoms with Crippen LogP contribution in [0.3, 0.4) is 0 Å². The molecule has 3 amide bonds. The van der Waals surface area contributed by atoms with Crippen molar-refractivity contribution in [1.82, 2.24) is 19.6 Å². The summed E-state index contributed by atoms with van der Waals surface area (Å²) in [4.78, 5) is 36.1. The lowest BCUT2D eigenvalue weighted by molar-refractivity contribution is -0.132. The van der Waals surface area contributed by atoms with Crippen LogP contribution in [0.4, 0.5) is 10.6 Å². The Hall–Kier alpha value is -2.87. The summed E-state index contributed by atoms with van der Waals surface area (Å²) in [6.07, 6.45) is 4.85. The van der Waals surface area contributed by atoms with E-state index in [2.05, 4.69) is 17.0 Å². The monoisotopic (exact) mass is 426 g/mol. The van der Waals surface area contributed by atoms with E-state index in [-0.39, 0.29) is 24.5 Å². The molecule has 1 aromatic carbocycles. The average Bonchev–Trinajstić information content (AvgIpc) is 3.39. The number of hydrogen-bond donors (Lipinski definition) is 0. The third-order valence-corrected chi connectivity index (χ3v) is 6.28. The number of amidine groups is 1. The molecule has 1 fully saturated rings. The molecule has 4 heterocycles. The van der Waals surface area contributed by atoms with Gasteiger partial charge in [-0.3, -0.25) is 19.6 Å². The molecular weight excluding hydrogens is 404 g/mol. The van der Waals surface area contributed by atoms with Crippen molar-refractivity contribution >= 4 is 35.2 Å². The van der Waals surface area contributed by atoms with Gasteiger partial charge in [0.05, 0.1) is 24.0 Å². The highest BCUT2D eigenvalue weighted by atomic mass is 35.5. The summed E-state index contributed by atoms with van der Waals surface area (Å²) in [5.41, 5.74) is 1.53. The van der Waals surface area contributed by atoms with Crippen LogP contribution < -0.4 is 4.90 Å². The molecule has 0 radical (unpaired) electrons. The molecule has 0 bridgehead atoms. The summed E-state index contributed by atoms with van der Waals surface area (Å²) in [6.45, 7) is 3.87. The molecule has 3 aliphatic heterocycles. The number of nitrogens with zero attached hydrogens (tertiary/aromatic N) is 6. The predicted molar refractivity (Wildman–Crippen MR) is 114 cm³/mol. The topological polar surface area (TPSA) is 74.0 Å². The first-order valence-corrected chi connectivity index (χ1v) is 10.7. The Bertz CT molecular complexity index is 1030. The summed E-state index contributed by atoms with van der Waals surface area (Å²) in [6, 6.07) is 7.20. The normalized spacial score (nSPS) is 20.9. The number of halogens is 1. The number of aliphatic imine (C=N–C) groups is 1. The van der Waals surface area contributed by atoms with Crippen molar-refractivity contribution in [3.8, 4) is 5.69 Å². The van der Waals surface area contributed by atoms with Crippen molar-refractivity contribution in [2.45, 2.75) is 32.2 Å². The molecule has 156 valence electrons. The summed E-state index contributed by atoms with van der Waals surface area (Å²) >= 11 is 6.04. The fourth-order valence-electron chi connectivity index (χ4n) is 4.47. The molecule has 1 atom stereocenters. The summed E-state index contributed by atoms with van der Waals surface area (Å²) in [7, 11) is 0. The third-order valence-electron chi connectivity index (χ3n) is 6.03. The third kappa shape index (κ3) is 3.06. The summed E-state index contributed by atoms with van der Waals surface area (Å²) in [5.74, 6) is 1.17. The minimum atomic E-state index is -0.229. The van der Waals surface area contributed by atoms with Crippen LogP contribution in [0.2, 0.25) is 5.02 Å². The van der Waals surface area contributed by atoms with E-state index in [1.54, 1.807) is 32.8 Å². The van der Waals surface area contributed by atoms with Gasteiger partial charge < -0.3 is 4.90 Å². The molecule has 8 nitrogen and oxygen atoms in total. The number of anilines is 1. The van der Waals surface area contributed by atoms with Crippen LogP contribution in [0.1, 0.15) is 31.7 Å². The molecule has 2 aromatic rings. The van der Waals surface area contributed by atoms with Crippen molar-refractivity contribution in [2.75, 3.05) is 31.1 Å². The average molecular weight is 427 g/mol. The number of aromatic nitrogens is 2. The number of amides is 3. The van der Waals surface area contributed by atoms with E-state index in [9.17, 15) is 9.59 Å². The van der Waals surface area contributed by atoms with Gasteiger partial charge in [-0.15, -0.1) is 0 Å². The predicted octanol–water partition coefficient (Wildman–Crippen LogP) is 2.93. The van der Waals surface area contributed by atoms with E-state index in [1.807, 2.05) is 17.0 Å². The van der Waals surface area contributed by atoms with Crippen LogP contribution in [0.15, 0.2) is 35.5 Å². The zero-order chi connectivity index (χ0) is 20.8. The van der Waals surface area contributed by atoms with E-state index in [4.69, 9.17) is 11.6 Å². The van der Waals surface area contributed by atoms with E-state index in [0.29, 0.717) is 29.8 Å². The Kier molecular flexibility index (Phi) is 4.73. The van der Waals surface area contributed by atoms with Crippen LogP contribution >= 0.6 is 11.6 Å². The number of fused-ring (bicyclic) bond motifs is 3. The fraction of sp³-hybridized carbons (Fsp3) is 0.429. The van der Waals surface area contributed by atoms with Crippen LogP contribution in [0, 0.1) is 0 Å². The standard InChI is InChI=1S/C21H23ClN6O2/c1-14-4-2-3-10-25(14)18(29)13-27-20-17(19-23-9-11-26(19)21(27)30)12-24-28(20)16-7-5-15(22)6-8-16/h5-8,12,14H,2-4,9-11,13H2,1H3/t14-/m0/s1. The Morgan fingerprint density at radius 1 is 1.20 bits per heavy atom. The molecule has 0 unspecified atom stereocenters. The van der Waals surface area contributed by atoms with Crippen molar-refractivity contribution < 1.29 is 9.59 Å². The molecule has 0 spiro atoms. The van der Waals surface area contributed by atoms with Crippen molar-refractivity contribution in [3.05, 3.63) is 41.0 Å². The second-order valence-corrected chi connectivity index (χ2v) is 8.36. The van der Waals surface area contributed by atoms with Crippen molar-refractivity contribution in [3.63, 3.8) is 0 Å². The number of carbonyl (C=O) groups is 2. The largest absolute Gasteiger partial charge is 0.338 e. The molecule has 30 heavy (non-hydrogen) atoms. The lowest BCUT2D eigenvalue weighted by Crippen LogP contribution is -2.55. The Morgan fingerprint density at radius 3 is 2.77 bits per heavy atom. The van der Waals surface area contributed by atoms with Gasteiger partial charge >= 0.3 is 6.03 Å². The van der Waals surface area contributed by atoms with Crippen LogP contribution in [-0.4, -0.2) is 69.6 Å². The smallest absolute Gasteiger partial charge is 0.331 e. The first-order valence-electron chi connectivity index (χ1n) is 10.3. The zero-order valence-electron chi connectivity index (χ0n) is 16.8. The van der Waals surface area contributed by atoms with Gasteiger partial charge in [0.25, 0.3) is 0 Å². The molecular formula is C21H23ClN6O2. The van der Waals surface area contributed by atoms with E-state index in [0.717, 1.165) is 37.1 Å². The molecule has 9 heteroatoms. The molecule has 0 saturated carbocycles. The highest BCUT2D eigenvalue weighted by Crippen LogP contribution is 2.33. The SMILES string of the molecule is C[C@H]1CCCCN1C(=O)CN1C(=O)N2CCN=C2c2cnn(-c3ccc(Cl)cc3)c21. The van der Waals surface area contributed by atoms with Gasteiger partial charge in [0.1, 0.15) is 12.4 Å². The molecule has 0 aliphatic carbocycles. The first kappa shape index (κ1) is 19.1. The van der Waals surface area contributed by atoms with Gasteiger partial charge in [0.2, 0.25) is 5.91 Å². The Morgan fingerprint density at radius 2 is 2.00 bits per heavy atom. The number of piperidine rings is 1. The minimum Gasteiger partial charge on any atom is -0.338 e. The van der Waals surface area contributed by atoms with Gasteiger partial charge in [-0.25, -0.2) is 9.48 Å². The molecule has 0 N–H and O–H groups in total. The number of carbonyl (C=O) groups excluding carboxylic acids is 2. The maximum atomic E-state index is 13.3. The second kappa shape index (κ2) is 7.43. The van der Waals surface area contributed by atoms with Crippen LogP contribution in [-0.2, 0) is 4.79 Å². The van der Waals surface area contributed by atoms with E-state index < -0.39 is 0 Å². The van der Waals surface area contributed by atoms with E-state index >= 15 is 0 Å². The van der Waals surface area contributed by atoms with Gasteiger partial charge in [0.15, 0.2) is 5.82 Å². The fourth-order valence-corrected chi connectivity index (χ4v) is 4.59. The second-order valence-electron chi connectivity index (χ2n) is 7.93. The molecule has 5 rings (SSSR count). The summed E-state index contributed by atoms with van der Waals surface area (Å²) < 4.78 is 1.69. The first-order chi connectivity index (χ1) is 14.5.